The number of carbonyl (C=O) groups is 1. The van der Waals surface area contributed by atoms with Crippen LogP contribution in [0.1, 0.15) is 12.2 Å². The summed E-state index contributed by atoms with van der Waals surface area (Å²) < 4.78 is 0. The number of aromatic nitrogens is 2. The highest BCUT2D eigenvalue weighted by Gasteiger charge is 2.29. The number of carbonyl (C=O) groups excluding carboxylic acids is 1. The Morgan fingerprint density at radius 1 is 1.60 bits per heavy atom. The minimum absolute atomic E-state index is 0.0170. The van der Waals surface area contributed by atoms with Crippen molar-refractivity contribution in [1.29, 1.82) is 0 Å². The lowest BCUT2D eigenvalue weighted by molar-refractivity contribution is -0.117. The second-order valence-corrected chi connectivity index (χ2v) is 3.95. The molecule has 2 N–H and O–H groups in total. The molecule has 0 aromatic carbocycles. The van der Waals surface area contributed by atoms with Crippen molar-refractivity contribution < 1.29 is 4.79 Å². The van der Waals surface area contributed by atoms with E-state index in [0.717, 1.165) is 0 Å². The summed E-state index contributed by atoms with van der Waals surface area (Å²) in [4.78, 5) is 21.2. The van der Waals surface area contributed by atoms with E-state index >= 15 is 0 Å². The Morgan fingerprint density at radius 3 is 2.87 bits per heavy atom. The number of aryl methyl sites for hydroxylation is 1. The maximum absolute atomic E-state index is 11.6. The van der Waals surface area contributed by atoms with Crippen molar-refractivity contribution in [3.05, 3.63) is 17.0 Å². The minimum atomic E-state index is -0.119. The molecular formula is C9H11ClN4O. The van der Waals surface area contributed by atoms with Crippen molar-refractivity contribution in [1.82, 2.24) is 9.97 Å². The Kier molecular flexibility index (Phi) is 2.58. The molecule has 1 aliphatic heterocycles. The van der Waals surface area contributed by atoms with Crippen molar-refractivity contribution in [2.45, 2.75) is 19.4 Å². The van der Waals surface area contributed by atoms with Crippen LogP contribution < -0.4 is 10.6 Å². The maximum Gasteiger partial charge on any atom is 0.229 e. The predicted octanol–water partition coefficient (Wildman–Crippen LogP) is 0.502. The first kappa shape index (κ1) is 10.3. The molecule has 15 heavy (non-hydrogen) atoms. The molecule has 0 bridgehead atoms. The van der Waals surface area contributed by atoms with Gasteiger partial charge in [-0.2, -0.15) is 0 Å². The summed E-state index contributed by atoms with van der Waals surface area (Å²) in [6.45, 7) is 2.22. The maximum atomic E-state index is 11.6. The van der Waals surface area contributed by atoms with E-state index in [0.29, 0.717) is 29.8 Å². The molecular weight excluding hydrogens is 216 g/mol. The van der Waals surface area contributed by atoms with E-state index in [9.17, 15) is 4.79 Å². The molecule has 0 spiro atoms. The molecule has 1 unspecified atom stereocenters. The molecule has 6 heteroatoms. The van der Waals surface area contributed by atoms with E-state index in [1.54, 1.807) is 17.9 Å². The first-order chi connectivity index (χ1) is 7.06. The number of hydrogen-bond acceptors (Lipinski definition) is 4. The van der Waals surface area contributed by atoms with Crippen LogP contribution in [0.5, 0.6) is 0 Å². The molecule has 1 amide bonds. The van der Waals surface area contributed by atoms with Gasteiger partial charge in [-0.15, -0.1) is 0 Å². The highest BCUT2D eigenvalue weighted by Crippen LogP contribution is 2.20. The van der Waals surface area contributed by atoms with E-state index in [2.05, 4.69) is 9.97 Å². The number of anilines is 1. The number of amides is 1. The molecule has 0 aliphatic carbocycles. The zero-order chi connectivity index (χ0) is 11.0. The van der Waals surface area contributed by atoms with Gasteiger partial charge in [0.15, 0.2) is 0 Å². The second-order valence-electron chi connectivity index (χ2n) is 3.56. The third kappa shape index (κ3) is 2.08. The van der Waals surface area contributed by atoms with Gasteiger partial charge < -0.3 is 5.73 Å². The van der Waals surface area contributed by atoms with Gasteiger partial charge in [-0.3, -0.25) is 9.69 Å². The van der Waals surface area contributed by atoms with E-state index in [-0.39, 0.29) is 11.9 Å². The Hall–Kier alpha value is -1.20. The summed E-state index contributed by atoms with van der Waals surface area (Å²) in [6.07, 6.45) is 0.362. The van der Waals surface area contributed by atoms with Gasteiger partial charge in [-0.25, -0.2) is 9.97 Å². The van der Waals surface area contributed by atoms with Gasteiger partial charge in [0.1, 0.15) is 16.8 Å². The largest absolute Gasteiger partial charge is 0.326 e. The van der Waals surface area contributed by atoms with Crippen LogP contribution in [0.3, 0.4) is 0 Å². The summed E-state index contributed by atoms with van der Waals surface area (Å²) in [5, 5.41) is 0.339. The summed E-state index contributed by atoms with van der Waals surface area (Å²) in [5.41, 5.74) is 5.69. The number of halogens is 1. The fourth-order valence-electron chi connectivity index (χ4n) is 1.61. The Morgan fingerprint density at radius 2 is 2.33 bits per heavy atom. The van der Waals surface area contributed by atoms with Crippen LogP contribution >= 0.6 is 11.6 Å². The smallest absolute Gasteiger partial charge is 0.229 e. The molecule has 1 fully saturated rings. The molecule has 5 nitrogen and oxygen atoms in total. The summed E-state index contributed by atoms with van der Waals surface area (Å²) >= 11 is 5.79. The van der Waals surface area contributed by atoms with Crippen molar-refractivity contribution >= 4 is 23.3 Å². The van der Waals surface area contributed by atoms with Crippen LogP contribution in [-0.2, 0) is 4.79 Å². The highest BCUT2D eigenvalue weighted by molar-refractivity contribution is 6.29. The van der Waals surface area contributed by atoms with Crippen LogP contribution in [0.4, 0.5) is 5.82 Å². The molecule has 1 atom stereocenters. The van der Waals surface area contributed by atoms with Gasteiger partial charge in [0, 0.05) is 25.1 Å². The fraction of sp³-hybridized carbons (Fsp3) is 0.444. The molecule has 2 rings (SSSR count). The monoisotopic (exact) mass is 226 g/mol. The average Bonchev–Trinajstić information content (AvgIpc) is 2.43. The topological polar surface area (TPSA) is 72.1 Å². The minimum Gasteiger partial charge on any atom is -0.326 e. The molecule has 1 saturated heterocycles. The third-order valence-electron chi connectivity index (χ3n) is 2.22. The van der Waals surface area contributed by atoms with Crippen molar-refractivity contribution in [2.24, 2.45) is 5.73 Å². The lowest BCUT2D eigenvalue weighted by atomic mass is 10.3. The van der Waals surface area contributed by atoms with Crippen LogP contribution in [0.25, 0.3) is 0 Å². The quantitative estimate of drug-likeness (QED) is 0.708. The number of nitrogens with zero attached hydrogens (tertiary/aromatic N) is 3. The number of nitrogens with two attached hydrogens (primary N) is 1. The van der Waals surface area contributed by atoms with Gasteiger partial charge in [0.05, 0.1) is 0 Å². The Labute approximate surface area is 92.3 Å². The Balaban J connectivity index is 2.33. The van der Waals surface area contributed by atoms with E-state index in [1.807, 2.05) is 0 Å². The molecule has 1 aliphatic rings. The van der Waals surface area contributed by atoms with E-state index in [4.69, 9.17) is 17.3 Å². The zero-order valence-corrected chi connectivity index (χ0v) is 9.03. The van der Waals surface area contributed by atoms with Crippen molar-refractivity contribution in [3.63, 3.8) is 0 Å². The van der Waals surface area contributed by atoms with E-state index < -0.39 is 0 Å². The van der Waals surface area contributed by atoms with Gasteiger partial charge in [0.25, 0.3) is 0 Å². The molecule has 2 heterocycles. The summed E-state index contributed by atoms with van der Waals surface area (Å²) in [6, 6.07) is 1.45. The third-order valence-corrected chi connectivity index (χ3v) is 2.42. The number of hydrogen-bond donors (Lipinski definition) is 1. The lowest BCUT2D eigenvalue weighted by Crippen LogP contribution is -2.28. The molecule has 0 saturated carbocycles. The SMILES string of the molecule is Cc1nc(Cl)cc(N2CC(N)CC2=O)n1. The van der Waals surface area contributed by atoms with Crippen molar-refractivity contribution in [3.8, 4) is 0 Å². The second kappa shape index (κ2) is 3.75. The van der Waals surface area contributed by atoms with Gasteiger partial charge in [-0.1, -0.05) is 11.6 Å². The highest BCUT2D eigenvalue weighted by atomic mass is 35.5. The van der Waals surface area contributed by atoms with Crippen LogP contribution in [-0.4, -0.2) is 28.5 Å². The molecule has 0 radical (unpaired) electrons. The van der Waals surface area contributed by atoms with Gasteiger partial charge >= 0.3 is 0 Å². The lowest BCUT2D eigenvalue weighted by Gasteiger charge is -2.15. The van der Waals surface area contributed by atoms with Gasteiger partial charge in [0.2, 0.25) is 5.91 Å². The summed E-state index contributed by atoms with van der Waals surface area (Å²) in [5.74, 6) is 1.06. The normalized spacial score (nSPS) is 21.1. The summed E-state index contributed by atoms with van der Waals surface area (Å²) in [7, 11) is 0. The Bertz CT molecular complexity index is 389. The fourth-order valence-corrected chi connectivity index (χ4v) is 1.83. The van der Waals surface area contributed by atoms with Crippen LogP contribution in [0.2, 0.25) is 5.15 Å². The average molecular weight is 227 g/mol. The molecule has 1 aromatic rings. The molecule has 80 valence electrons. The first-order valence-corrected chi connectivity index (χ1v) is 5.01. The van der Waals surface area contributed by atoms with Crippen LogP contribution in [0, 0.1) is 6.92 Å². The number of rotatable bonds is 1. The zero-order valence-electron chi connectivity index (χ0n) is 8.27. The van der Waals surface area contributed by atoms with Crippen LogP contribution in [0.15, 0.2) is 6.07 Å². The molecule has 1 aromatic heterocycles. The predicted molar refractivity (Wildman–Crippen MR) is 56.7 cm³/mol. The van der Waals surface area contributed by atoms with Crippen molar-refractivity contribution in [2.75, 3.05) is 11.4 Å². The van der Waals surface area contributed by atoms with E-state index in [1.165, 1.54) is 0 Å². The first-order valence-electron chi connectivity index (χ1n) is 4.63. The standard InChI is InChI=1S/C9H11ClN4O/c1-5-12-7(10)3-8(13-5)14-4-6(11)2-9(14)15/h3,6H,2,4,11H2,1H3. The van der Waals surface area contributed by atoms with Gasteiger partial charge in [-0.05, 0) is 6.92 Å².